The second-order valence-corrected chi connectivity index (χ2v) is 7.77. The Bertz CT molecular complexity index is 533. The first-order valence-electron chi connectivity index (χ1n) is 7.42. The van der Waals surface area contributed by atoms with Gasteiger partial charge in [-0.3, -0.25) is 4.79 Å². The highest BCUT2D eigenvalue weighted by molar-refractivity contribution is 7.68. The molecule has 1 aromatic carbocycles. The van der Waals surface area contributed by atoms with Gasteiger partial charge in [-0.2, -0.15) is 0 Å². The molecule has 1 fully saturated rings. The number of allylic oxidation sites excluding steroid dienone is 1. The normalized spacial score (nSPS) is 19.7. The smallest absolute Gasteiger partial charge is 0.315 e. The minimum absolute atomic E-state index is 0.358. The van der Waals surface area contributed by atoms with Crippen LogP contribution in [0.15, 0.2) is 41.9 Å². The molecule has 1 aliphatic heterocycles. The number of hydrogen-bond acceptors (Lipinski definition) is 4. The zero-order chi connectivity index (χ0) is 16.2. The molecule has 1 aromatic rings. The van der Waals surface area contributed by atoms with Crippen molar-refractivity contribution in [3.8, 4) is 0 Å². The van der Waals surface area contributed by atoms with Crippen LogP contribution in [0.3, 0.4) is 0 Å². The van der Waals surface area contributed by atoms with Gasteiger partial charge in [0, 0.05) is 6.42 Å². The lowest BCUT2D eigenvalue weighted by atomic mass is 9.94. The minimum Gasteiger partial charge on any atom is -0.494 e. The van der Waals surface area contributed by atoms with Gasteiger partial charge < -0.3 is 9.84 Å². The molecule has 0 radical (unpaired) electrons. The highest BCUT2D eigenvalue weighted by Crippen LogP contribution is 2.62. The summed E-state index contributed by atoms with van der Waals surface area (Å²) >= 11 is 0. The predicted molar refractivity (Wildman–Crippen MR) is 85.5 cm³/mol. The Morgan fingerprint density at radius 2 is 2.05 bits per heavy atom. The van der Waals surface area contributed by atoms with Crippen LogP contribution in [0.5, 0.6) is 0 Å². The molecule has 0 bridgehead atoms. The van der Waals surface area contributed by atoms with Crippen molar-refractivity contribution in [3.05, 3.63) is 47.5 Å². The van der Waals surface area contributed by atoms with E-state index in [0.29, 0.717) is 30.8 Å². The third kappa shape index (κ3) is 3.86. The molecule has 0 spiro atoms. The van der Waals surface area contributed by atoms with Gasteiger partial charge in [-0.15, -0.1) is 0 Å². The lowest BCUT2D eigenvalue weighted by molar-refractivity contribution is -0.139. The zero-order valence-corrected chi connectivity index (χ0v) is 13.4. The number of carboxylic acid groups (broad SMARTS) is 1. The summed E-state index contributed by atoms with van der Waals surface area (Å²) in [6, 6.07) is 8.73. The van der Waals surface area contributed by atoms with E-state index in [9.17, 15) is 19.7 Å². The molecule has 0 aliphatic carbocycles. The van der Waals surface area contributed by atoms with Gasteiger partial charge in [0.1, 0.15) is 17.3 Å². The molecule has 1 aliphatic rings. The van der Waals surface area contributed by atoms with Gasteiger partial charge in [0.05, 0.1) is 6.61 Å². The zero-order valence-electron chi connectivity index (χ0n) is 12.6. The van der Waals surface area contributed by atoms with E-state index >= 15 is 0 Å². The van der Waals surface area contributed by atoms with Crippen LogP contribution in [0.4, 0.5) is 0 Å². The predicted octanol–water partition coefficient (Wildman–Crippen LogP) is 3.12. The summed E-state index contributed by atoms with van der Waals surface area (Å²) in [5, 5.41) is 9.60. The average Bonchev–Trinajstić information content (AvgIpc) is 2.96. The van der Waals surface area contributed by atoms with E-state index in [2.05, 4.69) is 0 Å². The first-order chi connectivity index (χ1) is 10.5. The van der Waals surface area contributed by atoms with Gasteiger partial charge in [0.2, 0.25) is 0 Å². The Hall–Kier alpha value is -1.42. The first kappa shape index (κ1) is 16.9. The minimum atomic E-state index is -3.55. The standard InChI is InChI=1S/C16H21O5P/c1-2-14(22(19,20)11-13-9-6-10-21-13)15(16(17)18)12-7-4-3-5-8-12/h3-5,7-8,11,14-15,19-20H,2,6,9-10H2,1H3/p+1. The third-order valence-corrected chi connectivity index (χ3v) is 6.21. The van der Waals surface area contributed by atoms with Gasteiger partial charge in [-0.05, 0) is 18.4 Å². The van der Waals surface area contributed by atoms with E-state index in [-0.39, 0.29) is 0 Å². The first-order valence-corrected chi connectivity index (χ1v) is 9.25. The molecule has 120 valence electrons. The maximum Gasteiger partial charge on any atom is 0.315 e. The molecule has 0 aromatic heterocycles. The summed E-state index contributed by atoms with van der Waals surface area (Å²) in [6.45, 7) is 2.35. The van der Waals surface area contributed by atoms with E-state index in [1.807, 2.05) is 0 Å². The molecule has 0 amide bonds. The molecule has 0 saturated carbocycles. The van der Waals surface area contributed by atoms with E-state index in [1.165, 1.54) is 5.82 Å². The van der Waals surface area contributed by atoms with Crippen LogP contribution in [-0.2, 0) is 9.53 Å². The van der Waals surface area contributed by atoms with Gasteiger partial charge in [-0.1, -0.05) is 37.3 Å². The third-order valence-electron chi connectivity index (χ3n) is 3.90. The number of hydrogen-bond donors (Lipinski definition) is 3. The lowest BCUT2D eigenvalue weighted by Crippen LogP contribution is -2.27. The Balaban J connectivity index is 2.34. The highest BCUT2D eigenvalue weighted by atomic mass is 31.2. The fraction of sp³-hybridized carbons (Fsp3) is 0.438. The monoisotopic (exact) mass is 325 g/mol. The molecule has 5 nitrogen and oxygen atoms in total. The van der Waals surface area contributed by atoms with Crippen LogP contribution in [0.25, 0.3) is 0 Å². The summed E-state index contributed by atoms with van der Waals surface area (Å²) in [5.74, 6) is -0.0643. The van der Waals surface area contributed by atoms with Crippen LogP contribution < -0.4 is 0 Å². The van der Waals surface area contributed by atoms with E-state index in [4.69, 9.17) is 4.74 Å². The summed E-state index contributed by atoms with van der Waals surface area (Å²) in [5.41, 5.74) is -0.177. The number of ether oxygens (including phenoxy) is 1. The topological polar surface area (TPSA) is 87.0 Å². The summed E-state index contributed by atoms with van der Waals surface area (Å²) in [4.78, 5) is 32.9. The Labute approximate surface area is 130 Å². The molecular formula is C16H22O5P+. The van der Waals surface area contributed by atoms with Gasteiger partial charge in [0.25, 0.3) is 7.72 Å². The molecular weight excluding hydrogens is 303 g/mol. The number of rotatable bonds is 6. The fourth-order valence-corrected chi connectivity index (χ4v) is 4.94. The van der Waals surface area contributed by atoms with Gasteiger partial charge in [-0.25, -0.2) is 9.79 Å². The lowest BCUT2D eigenvalue weighted by Gasteiger charge is -2.25. The summed E-state index contributed by atoms with van der Waals surface area (Å²) in [7, 11) is -3.55. The van der Waals surface area contributed by atoms with Crippen LogP contribution in [0.2, 0.25) is 0 Å². The van der Waals surface area contributed by atoms with Crippen molar-refractivity contribution < 1.29 is 24.4 Å². The molecule has 1 saturated heterocycles. The van der Waals surface area contributed by atoms with Crippen molar-refractivity contribution in [1.29, 1.82) is 0 Å². The maximum atomic E-state index is 11.7. The van der Waals surface area contributed by atoms with Crippen LogP contribution in [0, 0.1) is 0 Å². The van der Waals surface area contributed by atoms with E-state index in [1.54, 1.807) is 37.3 Å². The van der Waals surface area contributed by atoms with Crippen molar-refractivity contribution in [3.63, 3.8) is 0 Å². The average molecular weight is 325 g/mol. The maximum absolute atomic E-state index is 11.7. The van der Waals surface area contributed by atoms with E-state index in [0.717, 1.165) is 6.42 Å². The Morgan fingerprint density at radius 1 is 1.36 bits per heavy atom. The molecule has 2 atom stereocenters. The SMILES string of the molecule is CCC(C(C(=O)O)c1ccccc1)[P+](O)(O)C=C1CCCO1. The summed E-state index contributed by atoms with van der Waals surface area (Å²) in [6.07, 6.45) is 1.88. The van der Waals surface area contributed by atoms with Crippen LogP contribution >= 0.6 is 7.72 Å². The Morgan fingerprint density at radius 3 is 2.55 bits per heavy atom. The molecule has 2 unspecified atom stereocenters. The second kappa shape index (κ2) is 7.23. The quantitative estimate of drug-likeness (QED) is 0.700. The molecule has 3 N–H and O–H groups in total. The van der Waals surface area contributed by atoms with Crippen molar-refractivity contribution in [2.75, 3.05) is 6.61 Å². The molecule has 22 heavy (non-hydrogen) atoms. The molecule has 6 heteroatoms. The fourth-order valence-electron chi connectivity index (χ4n) is 2.84. The number of benzene rings is 1. The largest absolute Gasteiger partial charge is 0.494 e. The number of aliphatic carboxylic acids is 1. The van der Waals surface area contributed by atoms with Crippen molar-refractivity contribution >= 4 is 13.7 Å². The number of carbonyl (C=O) groups is 1. The van der Waals surface area contributed by atoms with Crippen LogP contribution in [-0.4, -0.2) is 33.1 Å². The van der Waals surface area contributed by atoms with Gasteiger partial charge in [0.15, 0.2) is 5.82 Å². The van der Waals surface area contributed by atoms with E-state index < -0.39 is 25.3 Å². The van der Waals surface area contributed by atoms with Crippen LogP contribution in [0.1, 0.15) is 37.7 Å². The van der Waals surface area contributed by atoms with Crippen molar-refractivity contribution in [1.82, 2.24) is 0 Å². The Kier molecular flexibility index (Phi) is 5.57. The molecule has 1 heterocycles. The molecule has 2 rings (SSSR count). The number of carboxylic acids is 1. The summed E-state index contributed by atoms with van der Waals surface area (Å²) < 4.78 is 5.35. The van der Waals surface area contributed by atoms with Crippen molar-refractivity contribution in [2.24, 2.45) is 0 Å². The van der Waals surface area contributed by atoms with Crippen molar-refractivity contribution in [2.45, 2.75) is 37.8 Å². The van der Waals surface area contributed by atoms with Gasteiger partial charge >= 0.3 is 5.97 Å². The highest BCUT2D eigenvalue weighted by Gasteiger charge is 2.50. The second-order valence-electron chi connectivity index (χ2n) is 5.45.